The molecule has 7 heteroatoms. The Kier molecular flexibility index (Phi) is 5.35. The van der Waals surface area contributed by atoms with Gasteiger partial charge in [-0.2, -0.15) is 10.2 Å². The molecule has 0 saturated carbocycles. The molecule has 0 radical (unpaired) electrons. The number of hydrogen-bond donors (Lipinski definition) is 2. The fourth-order valence-corrected chi connectivity index (χ4v) is 3.82. The molecule has 5 rings (SSSR count). The highest BCUT2D eigenvalue weighted by Gasteiger charge is 2.23. The van der Waals surface area contributed by atoms with Crippen LogP contribution in [0.3, 0.4) is 0 Å². The monoisotopic (exact) mass is 433 g/mol. The highest BCUT2D eigenvalue weighted by Crippen LogP contribution is 2.36. The van der Waals surface area contributed by atoms with Crippen molar-refractivity contribution in [3.63, 3.8) is 0 Å². The Hall–Kier alpha value is -4.78. The molecule has 0 spiro atoms. The average molecular weight is 433 g/mol. The molecule has 0 aliphatic carbocycles. The van der Waals surface area contributed by atoms with E-state index in [4.69, 9.17) is 5.10 Å². The molecule has 5 aromatic rings. The van der Waals surface area contributed by atoms with Crippen LogP contribution in [0.15, 0.2) is 107 Å². The Morgan fingerprint density at radius 2 is 1.39 bits per heavy atom. The van der Waals surface area contributed by atoms with Crippen molar-refractivity contribution in [2.75, 3.05) is 0 Å². The van der Waals surface area contributed by atoms with Gasteiger partial charge in [0, 0.05) is 22.9 Å². The van der Waals surface area contributed by atoms with Gasteiger partial charge < -0.3 is 5.21 Å². The zero-order chi connectivity index (χ0) is 22.6. The second-order valence-electron chi connectivity index (χ2n) is 7.34. The first-order chi connectivity index (χ1) is 16.3. The first-order valence-electron chi connectivity index (χ1n) is 10.3. The number of nitrogens with zero attached hydrogens (tertiary/aromatic N) is 4. The molecule has 7 nitrogen and oxygen atoms in total. The number of nitrogens with one attached hydrogen (secondary N) is 1. The van der Waals surface area contributed by atoms with Crippen molar-refractivity contribution >= 4 is 6.21 Å². The minimum Gasteiger partial charge on any atom is -0.411 e. The highest BCUT2D eigenvalue weighted by atomic mass is 16.4. The lowest BCUT2D eigenvalue weighted by molar-refractivity contribution is 0.322. The second kappa shape index (κ2) is 8.76. The summed E-state index contributed by atoms with van der Waals surface area (Å²) >= 11 is 0. The molecular weight excluding hydrogens is 414 g/mol. The normalized spacial score (nSPS) is 11.2. The summed E-state index contributed by atoms with van der Waals surface area (Å²) < 4.78 is 1.66. The first kappa shape index (κ1) is 20.1. The highest BCUT2D eigenvalue weighted by molar-refractivity contribution is 5.96. The summed E-state index contributed by atoms with van der Waals surface area (Å²) in [6.07, 6.45) is 3.00. The maximum atomic E-state index is 13.2. The van der Waals surface area contributed by atoms with Crippen molar-refractivity contribution in [1.29, 1.82) is 0 Å². The average Bonchev–Trinajstić information content (AvgIpc) is 3.29. The van der Waals surface area contributed by atoms with E-state index in [1.54, 1.807) is 10.9 Å². The van der Waals surface area contributed by atoms with Gasteiger partial charge in [-0.25, -0.2) is 9.78 Å². The van der Waals surface area contributed by atoms with Crippen LogP contribution in [0.5, 0.6) is 0 Å². The summed E-state index contributed by atoms with van der Waals surface area (Å²) in [5.41, 5.74) is 4.60. The molecule has 0 bridgehead atoms. The molecule has 0 unspecified atom stereocenters. The number of rotatable bonds is 5. The molecule has 0 aliphatic rings. The van der Waals surface area contributed by atoms with Gasteiger partial charge >= 0.3 is 0 Å². The van der Waals surface area contributed by atoms with Crippen molar-refractivity contribution in [2.45, 2.75) is 0 Å². The van der Waals surface area contributed by atoms with E-state index in [1.165, 1.54) is 6.21 Å². The third kappa shape index (κ3) is 3.83. The third-order valence-electron chi connectivity index (χ3n) is 5.29. The molecule has 0 amide bonds. The molecule has 160 valence electrons. The predicted octanol–water partition coefficient (Wildman–Crippen LogP) is 4.76. The van der Waals surface area contributed by atoms with Crippen LogP contribution < -0.4 is 5.56 Å². The second-order valence-corrected chi connectivity index (χ2v) is 7.34. The molecule has 0 saturated heterocycles. The van der Waals surface area contributed by atoms with E-state index in [2.05, 4.69) is 15.4 Å². The van der Waals surface area contributed by atoms with E-state index in [0.29, 0.717) is 28.1 Å². The van der Waals surface area contributed by atoms with Crippen molar-refractivity contribution in [1.82, 2.24) is 20.0 Å². The zero-order valence-electron chi connectivity index (χ0n) is 17.5. The van der Waals surface area contributed by atoms with E-state index in [0.717, 1.165) is 16.8 Å². The SMILES string of the molecule is O=c1[nH]nc(-c2ccccc2)c(-c2ccccc2)c1-c1nn(-c2ccccc2)cc1/C=N\O. The maximum absolute atomic E-state index is 13.2. The molecule has 2 heterocycles. The van der Waals surface area contributed by atoms with Crippen LogP contribution in [0.4, 0.5) is 0 Å². The topological polar surface area (TPSA) is 96.2 Å². The zero-order valence-corrected chi connectivity index (χ0v) is 17.5. The van der Waals surface area contributed by atoms with Crippen LogP contribution in [0.2, 0.25) is 0 Å². The summed E-state index contributed by atoms with van der Waals surface area (Å²) in [5.74, 6) is 0. The number of aromatic nitrogens is 4. The molecule has 0 aliphatic heterocycles. The van der Waals surface area contributed by atoms with Crippen LogP contribution in [0.1, 0.15) is 5.56 Å². The molecular formula is C26H19N5O2. The van der Waals surface area contributed by atoms with Crippen LogP contribution in [-0.2, 0) is 0 Å². The third-order valence-corrected chi connectivity index (χ3v) is 5.29. The minimum absolute atomic E-state index is 0.347. The summed E-state index contributed by atoms with van der Waals surface area (Å²) in [6, 6.07) is 28.8. The molecule has 33 heavy (non-hydrogen) atoms. The lowest BCUT2D eigenvalue weighted by Gasteiger charge is -2.13. The molecule has 0 fully saturated rings. The van der Waals surface area contributed by atoms with E-state index in [1.807, 2.05) is 91.0 Å². The first-order valence-corrected chi connectivity index (χ1v) is 10.3. The van der Waals surface area contributed by atoms with Gasteiger partial charge in [0.15, 0.2) is 0 Å². The number of H-pyrrole nitrogens is 1. The van der Waals surface area contributed by atoms with E-state index < -0.39 is 0 Å². The van der Waals surface area contributed by atoms with Crippen LogP contribution >= 0.6 is 0 Å². The van der Waals surface area contributed by atoms with E-state index >= 15 is 0 Å². The number of aromatic amines is 1. The van der Waals surface area contributed by atoms with Gasteiger partial charge in [-0.3, -0.25) is 4.79 Å². The smallest absolute Gasteiger partial charge is 0.274 e. The van der Waals surface area contributed by atoms with E-state index in [-0.39, 0.29) is 5.56 Å². The van der Waals surface area contributed by atoms with Crippen LogP contribution in [-0.4, -0.2) is 31.4 Å². The van der Waals surface area contributed by atoms with Gasteiger partial charge in [0.1, 0.15) is 5.69 Å². The van der Waals surface area contributed by atoms with Gasteiger partial charge in [-0.05, 0) is 17.7 Å². The Balaban J connectivity index is 1.84. The number of oxime groups is 1. The summed E-state index contributed by atoms with van der Waals surface area (Å²) in [5, 5.41) is 24.2. The van der Waals surface area contributed by atoms with Gasteiger partial charge in [0.2, 0.25) is 0 Å². The van der Waals surface area contributed by atoms with Gasteiger partial charge in [-0.15, -0.1) is 0 Å². The molecule has 0 atom stereocenters. The predicted molar refractivity (Wildman–Crippen MR) is 128 cm³/mol. The van der Waals surface area contributed by atoms with Gasteiger partial charge in [0.05, 0.1) is 23.2 Å². The standard InChI is InChI=1S/C26H19N5O2/c32-26-23(25-20(16-27-33)17-31(30-25)21-14-8-3-9-15-21)22(18-10-4-1-5-11-18)24(28-29-26)19-12-6-2-7-13-19/h1-17,33H,(H,29,32)/b27-16-. The minimum atomic E-state index is -0.389. The lowest BCUT2D eigenvalue weighted by atomic mass is 9.93. The largest absolute Gasteiger partial charge is 0.411 e. The summed E-state index contributed by atoms with van der Waals surface area (Å²) in [7, 11) is 0. The molecule has 2 N–H and O–H groups in total. The summed E-state index contributed by atoms with van der Waals surface area (Å²) in [4.78, 5) is 13.2. The number of para-hydroxylation sites is 1. The van der Waals surface area contributed by atoms with Crippen molar-refractivity contribution < 1.29 is 5.21 Å². The van der Waals surface area contributed by atoms with Crippen molar-refractivity contribution in [3.8, 4) is 39.3 Å². The van der Waals surface area contributed by atoms with Crippen LogP contribution in [0.25, 0.3) is 39.3 Å². The van der Waals surface area contributed by atoms with Crippen LogP contribution in [0, 0.1) is 0 Å². The van der Waals surface area contributed by atoms with E-state index in [9.17, 15) is 10.0 Å². The lowest BCUT2D eigenvalue weighted by Crippen LogP contribution is -2.15. The Morgan fingerprint density at radius 3 is 2.03 bits per heavy atom. The van der Waals surface area contributed by atoms with Crippen molar-refractivity contribution in [2.24, 2.45) is 5.16 Å². The Labute approximate surface area is 189 Å². The Morgan fingerprint density at radius 1 is 0.788 bits per heavy atom. The number of hydrogen-bond acceptors (Lipinski definition) is 5. The molecule has 2 aromatic heterocycles. The number of benzene rings is 3. The summed E-state index contributed by atoms with van der Waals surface area (Å²) in [6.45, 7) is 0. The fourth-order valence-electron chi connectivity index (χ4n) is 3.82. The van der Waals surface area contributed by atoms with Gasteiger partial charge in [-0.1, -0.05) is 84.0 Å². The fraction of sp³-hybridized carbons (Fsp3) is 0. The molecule has 3 aromatic carbocycles. The van der Waals surface area contributed by atoms with Crippen molar-refractivity contribution in [3.05, 3.63) is 113 Å². The maximum Gasteiger partial charge on any atom is 0.274 e. The van der Waals surface area contributed by atoms with Gasteiger partial charge in [0.25, 0.3) is 5.56 Å². The Bertz CT molecular complexity index is 1470. The quantitative estimate of drug-likeness (QED) is 0.237.